The van der Waals surface area contributed by atoms with Crippen LogP contribution in [0.3, 0.4) is 0 Å². The number of nitrogens with zero attached hydrogens (tertiary/aromatic N) is 1. The smallest absolute Gasteiger partial charge is 0.0574 e. The molecule has 2 N–H and O–H groups in total. The van der Waals surface area contributed by atoms with Gasteiger partial charge in [0.1, 0.15) is 0 Å². The summed E-state index contributed by atoms with van der Waals surface area (Å²) in [5, 5.41) is 0. The molecule has 0 saturated carbocycles. The van der Waals surface area contributed by atoms with E-state index < -0.39 is 0 Å². The van der Waals surface area contributed by atoms with Crippen LogP contribution < -0.4 is 5.73 Å². The van der Waals surface area contributed by atoms with Crippen LogP contribution in [0, 0.1) is 0 Å². The summed E-state index contributed by atoms with van der Waals surface area (Å²) in [6.45, 7) is 1.94. The Balaban J connectivity index is 2.42. The summed E-state index contributed by atoms with van der Waals surface area (Å²) < 4.78 is 0. The molecular formula is C13H14N2. The van der Waals surface area contributed by atoms with Crippen molar-refractivity contribution in [3.8, 4) is 11.1 Å². The van der Waals surface area contributed by atoms with Crippen molar-refractivity contribution in [3.05, 3.63) is 54.4 Å². The highest BCUT2D eigenvalue weighted by Crippen LogP contribution is 2.20. The van der Waals surface area contributed by atoms with Crippen molar-refractivity contribution in [2.24, 2.45) is 5.73 Å². The van der Waals surface area contributed by atoms with E-state index in [4.69, 9.17) is 5.73 Å². The van der Waals surface area contributed by atoms with Gasteiger partial charge in [0.25, 0.3) is 0 Å². The van der Waals surface area contributed by atoms with E-state index in [9.17, 15) is 0 Å². The monoisotopic (exact) mass is 198 g/mol. The SMILES string of the molecule is CC(N)c1cc(-c2ccccc2)ccn1. The minimum absolute atomic E-state index is 0.0198. The molecule has 1 aromatic heterocycles. The van der Waals surface area contributed by atoms with E-state index >= 15 is 0 Å². The summed E-state index contributed by atoms with van der Waals surface area (Å²) in [6.07, 6.45) is 1.81. The zero-order valence-electron chi connectivity index (χ0n) is 8.72. The van der Waals surface area contributed by atoms with Crippen molar-refractivity contribution in [3.63, 3.8) is 0 Å². The fraction of sp³-hybridized carbons (Fsp3) is 0.154. The zero-order valence-corrected chi connectivity index (χ0v) is 8.72. The van der Waals surface area contributed by atoms with E-state index in [0.717, 1.165) is 11.3 Å². The standard InChI is InChI=1S/C13H14N2/c1-10(14)13-9-12(7-8-15-13)11-5-3-2-4-6-11/h2-10H,14H2,1H3. The topological polar surface area (TPSA) is 38.9 Å². The number of pyridine rings is 1. The summed E-state index contributed by atoms with van der Waals surface area (Å²) in [5.41, 5.74) is 9.09. The second-order valence-corrected chi connectivity index (χ2v) is 3.62. The molecule has 2 aromatic rings. The molecule has 0 spiro atoms. The van der Waals surface area contributed by atoms with E-state index in [1.807, 2.05) is 37.3 Å². The normalized spacial score (nSPS) is 12.4. The van der Waals surface area contributed by atoms with Crippen LogP contribution in [0.2, 0.25) is 0 Å². The Labute approximate surface area is 89.8 Å². The molecule has 1 unspecified atom stereocenters. The van der Waals surface area contributed by atoms with Crippen molar-refractivity contribution in [2.45, 2.75) is 13.0 Å². The number of benzene rings is 1. The van der Waals surface area contributed by atoms with E-state index in [2.05, 4.69) is 17.1 Å². The summed E-state index contributed by atoms with van der Waals surface area (Å²) in [4.78, 5) is 4.24. The molecular weight excluding hydrogens is 184 g/mol. The van der Waals surface area contributed by atoms with Crippen LogP contribution in [0.15, 0.2) is 48.7 Å². The van der Waals surface area contributed by atoms with Gasteiger partial charge >= 0.3 is 0 Å². The maximum atomic E-state index is 5.80. The maximum Gasteiger partial charge on any atom is 0.0574 e. The Bertz CT molecular complexity index is 435. The van der Waals surface area contributed by atoms with Crippen molar-refractivity contribution in [2.75, 3.05) is 0 Å². The van der Waals surface area contributed by atoms with E-state index in [1.54, 1.807) is 6.20 Å². The van der Waals surface area contributed by atoms with Crippen LogP contribution in [0.1, 0.15) is 18.7 Å². The lowest BCUT2D eigenvalue weighted by Gasteiger charge is -2.07. The first-order valence-electron chi connectivity index (χ1n) is 5.04. The first-order chi connectivity index (χ1) is 7.27. The number of hydrogen-bond acceptors (Lipinski definition) is 2. The highest BCUT2D eigenvalue weighted by molar-refractivity contribution is 5.63. The Morgan fingerprint density at radius 1 is 1.07 bits per heavy atom. The summed E-state index contributed by atoms with van der Waals surface area (Å²) in [7, 11) is 0. The molecule has 15 heavy (non-hydrogen) atoms. The number of aromatic nitrogens is 1. The van der Waals surface area contributed by atoms with Crippen LogP contribution in [0.4, 0.5) is 0 Å². The van der Waals surface area contributed by atoms with Gasteiger partial charge in [0.15, 0.2) is 0 Å². The number of hydrogen-bond donors (Lipinski definition) is 1. The zero-order chi connectivity index (χ0) is 10.7. The molecule has 0 amide bonds. The maximum absolute atomic E-state index is 5.80. The molecule has 0 fully saturated rings. The molecule has 2 rings (SSSR count). The Kier molecular flexibility index (Phi) is 2.79. The largest absolute Gasteiger partial charge is 0.323 e. The molecule has 2 heteroatoms. The fourth-order valence-corrected chi connectivity index (χ4v) is 1.51. The average molecular weight is 198 g/mol. The first kappa shape index (κ1) is 9.87. The minimum Gasteiger partial charge on any atom is -0.323 e. The summed E-state index contributed by atoms with van der Waals surface area (Å²) in [5.74, 6) is 0. The highest BCUT2D eigenvalue weighted by Gasteiger charge is 2.02. The van der Waals surface area contributed by atoms with Gasteiger partial charge < -0.3 is 5.73 Å². The van der Waals surface area contributed by atoms with Gasteiger partial charge in [-0.05, 0) is 30.2 Å². The average Bonchev–Trinajstić information content (AvgIpc) is 2.30. The molecule has 0 aliphatic rings. The molecule has 0 aliphatic carbocycles. The minimum atomic E-state index is -0.0198. The molecule has 1 atom stereocenters. The lowest BCUT2D eigenvalue weighted by molar-refractivity contribution is 0.781. The van der Waals surface area contributed by atoms with Gasteiger partial charge in [0, 0.05) is 12.2 Å². The van der Waals surface area contributed by atoms with Gasteiger partial charge in [-0.1, -0.05) is 30.3 Å². The molecule has 76 valence electrons. The van der Waals surface area contributed by atoms with E-state index in [0.29, 0.717) is 0 Å². The van der Waals surface area contributed by atoms with Crippen LogP contribution in [0.25, 0.3) is 11.1 Å². The van der Waals surface area contributed by atoms with Gasteiger partial charge in [-0.3, -0.25) is 4.98 Å². The van der Waals surface area contributed by atoms with Gasteiger partial charge in [0.2, 0.25) is 0 Å². The lowest BCUT2D eigenvalue weighted by atomic mass is 10.1. The number of nitrogens with two attached hydrogens (primary N) is 1. The molecule has 1 heterocycles. The third-order valence-corrected chi connectivity index (χ3v) is 2.35. The van der Waals surface area contributed by atoms with Crippen LogP contribution in [-0.4, -0.2) is 4.98 Å². The van der Waals surface area contributed by atoms with Crippen molar-refractivity contribution in [1.82, 2.24) is 4.98 Å². The van der Waals surface area contributed by atoms with Crippen molar-refractivity contribution in [1.29, 1.82) is 0 Å². The van der Waals surface area contributed by atoms with Crippen LogP contribution >= 0.6 is 0 Å². The van der Waals surface area contributed by atoms with Gasteiger partial charge in [-0.2, -0.15) is 0 Å². The molecule has 2 nitrogen and oxygen atoms in total. The van der Waals surface area contributed by atoms with Gasteiger partial charge in [0.05, 0.1) is 5.69 Å². The molecule has 0 saturated heterocycles. The molecule has 0 bridgehead atoms. The van der Waals surface area contributed by atoms with Crippen LogP contribution in [0.5, 0.6) is 0 Å². The molecule has 1 aromatic carbocycles. The Hall–Kier alpha value is -1.67. The Morgan fingerprint density at radius 2 is 1.80 bits per heavy atom. The third-order valence-electron chi connectivity index (χ3n) is 2.35. The van der Waals surface area contributed by atoms with E-state index in [1.165, 1.54) is 5.56 Å². The van der Waals surface area contributed by atoms with E-state index in [-0.39, 0.29) is 6.04 Å². The number of rotatable bonds is 2. The van der Waals surface area contributed by atoms with Crippen LogP contribution in [-0.2, 0) is 0 Å². The predicted octanol–water partition coefficient (Wildman–Crippen LogP) is 2.77. The first-order valence-corrected chi connectivity index (χ1v) is 5.04. The lowest BCUT2D eigenvalue weighted by Crippen LogP contribution is -2.06. The van der Waals surface area contributed by atoms with Gasteiger partial charge in [-0.15, -0.1) is 0 Å². The molecule has 0 radical (unpaired) electrons. The Morgan fingerprint density at radius 3 is 2.47 bits per heavy atom. The highest BCUT2D eigenvalue weighted by atomic mass is 14.7. The predicted molar refractivity (Wildman–Crippen MR) is 62.3 cm³/mol. The summed E-state index contributed by atoms with van der Waals surface area (Å²) in [6, 6.07) is 14.3. The second kappa shape index (κ2) is 4.24. The third kappa shape index (κ3) is 2.22. The van der Waals surface area contributed by atoms with Crippen molar-refractivity contribution >= 4 is 0 Å². The second-order valence-electron chi connectivity index (χ2n) is 3.62. The summed E-state index contributed by atoms with van der Waals surface area (Å²) >= 11 is 0. The fourth-order valence-electron chi connectivity index (χ4n) is 1.51. The molecule has 0 aliphatic heterocycles. The van der Waals surface area contributed by atoms with Gasteiger partial charge in [-0.25, -0.2) is 0 Å². The quantitative estimate of drug-likeness (QED) is 0.805. The van der Waals surface area contributed by atoms with Crippen molar-refractivity contribution < 1.29 is 0 Å².